The maximum atomic E-state index is 14.0. The standard InChI is InChI=1S/C32H27N5O2S/c1-21-11-8-9-15-26(21)37-30(39)27(40-31(37)25(18-33)29(38)32(2,3)4)17-23-20-36(24-13-6-5-7-14-24)35-28(23)22-12-10-16-34-19-22/h5-17,19-20H,1-4H3. The molecule has 40 heavy (non-hydrogen) atoms. The number of aryl methyl sites for hydroxylation is 1. The maximum Gasteiger partial charge on any atom is 0.273 e. The van der Waals surface area contributed by atoms with E-state index in [4.69, 9.17) is 5.10 Å². The molecule has 0 aliphatic rings. The molecule has 0 atom stereocenters. The van der Waals surface area contributed by atoms with Crippen LogP contribution in [0.15, 0.2) is 90.1 Å². The van der Waals surface area contributed by atoms with Crippen LogP contribution in [0.3, 0.4) is 0 Å². The number of ketones is 1. The smallest absolute Gasteiger partial charge is 0.273 e. The zero-order valence-electron chi connectivity index (χ0n) is 22.6. The van der Waals surface area contributed by atoms with Crippen LogP contribution in [-0.2, 0) is 4.79 Å². The van der Waals surface area contributed by atoms with Gasteiger partial charge in [0, 0.05) is 35.1 Å². The molecule has 5 aromatic rings. The Hall–Kier alpha value is -4.87. The molecule has 7 nitrogen and oxygen atoms in total. The van der Waals surface area contributed by atoms with Crippen LogP contribution in [0.2, 0.25) is 0 Å². The molecule has 0 aliphatic carbocycles. The first-order valence-corrected chi connectivity index (χ1v) is 13.5. The Morgan fingerprint density at radius 1 is 1.02 bits per heavy atom. The predicted octanol–water partition coefficient (Wildman–Crippen LogP) is 4.57. The second-order valence-electron chi connectivity index (χ2n) is 10.4. The van der Waals surface area contributed by atoms with Gasteiger partial charge in [0.15, 0.2) is 5.78 Å². The van der Waals surface area contributed by atoms with Crippen molar-refractivity contribution in [2.45, 2.75) is 27.7 Å². The van der Waals surface area contributed by atoms with E-state index >= 15 is 0 Å². The lowest BCUT2D eigenvalue weighted by molar-refractivity contribution is -0.120. The van der Waals surface area contributed by atoms with Crippen molar-refractivity contribution < 1.29 is 4.79 Å². The fourth-order valence-electron chi connectivity index (χ4n) is 4.33. The van der Waals surface area contributed by atoms with Crippen LogP contribution in [0, 0.1) is 23.7 Å². The second kappa shape index (κ2) is 10.7. The number of nitriles is 1. The van der Waals surface area contributed by atoms with Crippen molar-refractivity contribution >= 4 is 28.8 Å². The Labute approximate surface area is 235 Å². The van der Waals surface area contributed by atoms with Crippen molar-refractivity contribution in [3.8, 4) is 28.7 Å². The molecule has 0 N–H and O–H groups in total. The van der Waals surface area contributed by atoms with Gasteiger partial charge in [0.05, 0.1) is 15.9 Å². The first-order valence-electron chi connectivity index (χ1n) is 12.7. The summed E-state index contributed by atoms with van der Waals surface area (Å²) in [4.78, 5) is 31.6. The SMILES string of the molecule is Cc1ccccc1-n1c(=C(C#N)C(=O)C(C)(C)C)sc(=Cc2cn(-c3ccccc3)nc2-c2cccnc2)c1=O. The van der Waals surface area contributed by atoms with E-state index in [1.807, 2.05) is 79.9 Å². The van der Waals surface area contributed by atoms with Gasteiger partial charge < -0.3 is 0 Å². The van der Waals surface area contributed by atoms with Gasteiger partial charge in [-0.3, -0.25) is 19.1 Å². The van der Waals surface area contributed by atoms with Crippen LogP contribution >= 0.6 is 11.3 Å². The lowest BCUT2D eigenvalue weighted by Crippen LogP contribution is -2.33. The quantitative estimate of drug-likeness (QED) is 0.323. The fourth-order valence-corrected chi connectivity index (χ4v) is 5.41. The van der Waals surface area contributed by atoms with Gasteiger partial charge in [0.2, 0.25) is 0 Å². The number of rotatable bonds is 5. The van der Waals surface area contributed by atoms with Gasteiger partial charge in [0.25, 0.3) is 5.56 Å². The maximum absolute atomic E-state index is 14.0. The van der Waals surface area contributed by atoms with E-state index in [0.717, 1.165) is 28.2 Å². The summed E-state index contributed by atoms with van der Waals surface area (Å²) < 4.78 is 3.94. The van der Waals surface area contributed by atoms with Crippen LogP contribution in [0.4, 0.5) is 0 Å². The highest BCUT2D eigenvalue weighted by Crippen LogP contribution is 2.24. The molecule has 0 amide bonds. The normalized spacial score (nSPS) is 12.7. The topological polar surface area (TPSA) is 93.6 Å². The van der Waals surface area contributed by atoms with Gasteiger partial charge in [-0.25, -0.2) is 4.68 Å². The van der Waals surface area contributed by atoms with Crippen molar-refractivity contribution in [1.82, 2.24) is 19.3 Å². The van der Waals surface area contributed by atoms with Crippen LogP contribution < -0.4 is 14.8 Å². The number of hydrogen-bond donors (Lipinski definition) is 0. The molecule has 198 valence electrons. The third-order valence-electron chi connectivity index (χ3n) is 6.40. The summed E-state index contributed by atoms with van der Waals surface area (Å²) in [6.45, 7) is 7.19. The molecule has 0 fully saturated rings. The van der Waals surface area contributed by atoms with Crippen LogP contribution in [0.1, 0.15) is 31.9 Å². The molecule has 0 spiro atoms. The highest BCUT2D eigenvalue weighted by atomic mass is 32.1. The Morgan fingerprint density at radius 2 is 1.75 bits per heavy atom. The molecule has 0 bridgehead atoms. The first-order chi connectivity index (χ1) is 19.2. The molecule has 0 saturated carbocycles. The fraction of sp³-hybridized carbons (Fsp3) is 0.156. The molecule has 8 heteroatoms. The minimum Gasteiger partial charge on any atom is -0.293 e. The molecule has 0 unspecified atom stereocenters. The number of Topliss-reactive ketones (excluding diaryl/α,β-unsaturated/α-hetero) is 1. The number of nitrogens with zero attached hydrogens (tertiary/aromatic N) is 5. The summed E-state index contributed by atoms with van der Waals surface area (Å²) in [6.07, 6.45) is 7.06. The highest BCUT2D eigenvalue weighted by Gasteiger charge is 2.28. The molecule has 5 rings (SSSR count). The van der Waals surface area contributed by atoms with Crippen LogP contribution in [0.25, 0.3) is 34.3 Å². The van der Waals surface area contributed by atoms with Crippen molar-refractivity contribution in [1.29, 1.82) is 5.26 Å². The monoisotopic (exact) mass is 545 g/mol. The molecular formula is C32H27N5O2S. The Balaban J connectivity index is 1.85. The first kappa shape index (κ1) is 26.7. The van der Waals surface area contributed by atoms with Gasteiger partial charge >= 0.3 is 0 Å². The van der Waals surface area contributed by atoms with E-state index in [-0.39, 0.29) is 16.9 Å². The van der Waals surface area contributed by atoms with E-state index < -0.39 is 5.41 Å². The number of carbonyl (C=O) groups is 1. The Kier molecular flexibility index (Phi) is 7.16. The molecule has 3 heterocycles. The lowest BCUT2D eigenvalue weighted by atomic mass is 9.87. The summed E-state index contributed by atoms with van der Waals surface area (Å²) >= 11 is 1.13. The Bertz CT molecular complexity index is 1940. The van der Waals surface area contributed by atoms with Gasteiger partial charge in [-0.2, -0.15) is 10.4 Å². The van der Waals surface area contributed by atoms with Crippen molar-refractivity contribution in [3.05, 3.63) is 116 Å². The number of aromatic nitrogens is 4. The van der Waals surface area contributed by atoms with E-state index in [1.165, 1.54) is 4.57 Å². The van der Waals surface area contributed by atoms with E-state index in [2.05, 4.69) is 11.1 Å². The van der Waals surface area contributed by atoms with E-state index in [0.29, 0.717) is 26.1 Å². The Morgan fingerprint density at radius 3 is 2.40 bits per heavy atom. The lowest BCUT2D eigenvalue weighted by Gasteiger charge is -2.15. The zero-order valence-corrected chi connectivity index (χ0v) is 23.4. The van der Waals surface area contributed by atoms with Gasteiger partial charge in [0.1, 0.15) is 22.0 Å². The van der Waals surface area contributed by atoms with Crippen LogP contribution in [0.5, 0.6) is 0 Å². The molecule has 0 saturated heterocycles. The second-order valence-corrected chi connectivity index (χ2v) is 11.4. The summed E-state index contributed by atoms with van der Waals surface area (Å²) in [7, 11) is 0. The number of carbonyl (C=O) groups excluding carboxylic acids is 1. The molecular weight excluding hydrogens is 518 g/mol. The zero-order chi connectivity index (χ0) is 28.4. The summed E-state index contributed by atoms with van der Waals surface area (Å²) in [5, 5.41) is 14.9. The average molecular weight is 546 g/mol. The van der Waals surface area contributed by atoms with Gasteiger partial charge in [-0.15, -0.1) is 11.3 Å². The van der Waals surface area contributed by atoms with Crippen molar-refractivity contribution in [2.75, 3.05) is 0 Å². The van der Waals surface area contributed by atoms with Gasteiger partial charge in [-0.05, 0) is 48.9 Å². The van der Waals surface area contributed by atoms with Crippen molar-refractivity contribution in [3.63, 3.8) is 0 Å². The van der Waals surface area contributed by atoms with Crippen LogP contribution in [-0.4, -0.2) is 25.1 Å². The van der Waals surface area contributed by atoms with Gasteiger partial charge in [-0.1, -0.05) is 57.2 Å². The molecule has 3 aromatic heterocycles. The summed E-state index contributed by atoms with van der Waals surface area (Å²) in [5.41, 5.74) is 3.36. The average Bonchev–Trinajstić information content (AvgIpc) is 3.51. The summed E-state index contributed by atoms with van der Waals surface area (Å²) in [6, 6.07) is 23.0. The van der Waals surface area contributed by atoms with E-state index in [1.54, 1.807) is 43.9 Å². The summed E-state index contributed by atoms with van der Waals surface area (Å²) in [5.74, 6) is -0.321. The third-order valence-corrected chi connectivity index (χ3v) is 7.49. The number of benzene rings is 2. The molecule has 0 aliphatic heterocycles. The minimum absolute atomic E-state index is 0.0371. The number of para-hydroxylation sites is 2. The number of pyridine rings is 1. The number of hydrogen-bond acceptors (Lipinski definition) is 6. The number of thiazole rings is 1. The third kappa shape index (κ3) is 5.07. The molecule has 2 aromatic carbocycles. The van der Waals surface area contributed by atoms with E-state index in [9.17, 15) is 14.9 Å². The largest absolute Gasteiger partial charge is 0.293 e. The minimum atomic E-state index is -0.796. The van der Waals surface area contributed by atoms with Crippen molar-refractivity contribution in [2.24, 2.45) is 5.41 Å². The molecule has 0 radical (unpaired) electrons. The highest BCUT2D eigenvalue weighted by molar-refractivity contribution is 7.07. The predicted molar refractivity (Wildman–Crippen MR) is 158 cm³/mol.